The average Bonchev–Trinajstić information content (AvgIpc) is 2.87. The number of pyridine rings is 1. The molecular weight excluding hydrogens is 367 g/mol. The molecule has 0 saturated carbocycles. The van der Waals surface area contributed by atoms with Gasteiger partial charge >= 0.3 is 6.18 Å². The molecule has 1 saturated heterocycles. The van der Waals surface area contributed by atoms with Gasteiger partial charge in [0.2, 0.25) is 0 Å². The number of carbonyl (C=O) groups is 1. The van der Waals surface area contributed by atoms with Crippen LogP contribution in [0.5, 0.6) is 0 Å². The molecule has 0 unspecified atom stereocenters. The van der Waals surface area contributed by atoms with E-state index in [4.69, 9.17) is 0 Å². The van der Waals surface area contributed by atoms with Crippen LogP contribution >= 0.6 is 0 Å². The fourth-order valence-electron chi connectivity index (χ4n) is 3.66. The number of aromatic nitrogens is 1. The predicted molar refractivity (Wildman–Crippen MR) is 102 cm³/mol. The summed E-state index contributed by atoms with van der Waals surface area (Å²) in [5.41, 5.74) is 2.51. The number of allylic oxidation sites excluding steroid dienone is 1. The predicted octanol–water partition coefficient (Wildman–Crippen LogP) is 3.57. The van der Waals surface area contributed by atoms with Crippen molar-refractivity contribution in [3.63, 3.8) is 0 Å². The quantitative estimate of drug-likeness (QED) is 0.856. The topological polar surface area (TPSA) is 45.2 Å². The van der Waals surface area contributed by atoms with Crippen LogP contribution in [0.15, 0.2) is 36.5 Å². The molecule has 1 aliphatic heterocycles. The largest absolute Gasteiger partial charge is 0.416 e. The summed E-state index contributed by atoms with van der Waals surface area (Å²) in [4.78, 5) is 18.9. The lowest BCUT2D eigenvalue weighted by molar-refractivity contribution is -0.137. The van der Waals surface area contributed by atoms with E-state index in [2.05, 4.69) is 21.3 Å². The van der Waals surface area contributed by atoms with Crippen molar-refractivity contribution in [1.29, 1.82) is 0 Å². The van der Waals surface area contributed by atoms with E-state index < -0.39 is 11.7 Å². The number of aryl methyl sites for hydroxylation is 1. The highest BCUT2D eigenvalue weighted by molar-refractivity contribution is 6.25. The van der Waals surface area contributed by atoms with Crippen LogP contribution in [0.3, 0.4) is 0 Å². The van der Waals surface area contributed by atoms with Crippen LogP contribution in [0.25, 0.3) is 11.6 Å². The lowest BCUT2D eigenvalue weighted by Crippen LogP contribution is -2.43. The molecule has 1 aromatic carbocycles. The summed E-state index contributed by atoms with van der Waals surface area (Å²) in [6, 6.07) is 7.91. The molecule has 146 valence electrons. The smallest absolute Gasteiger partial charge is 0.369 e. The highest BCUT2D eigenvalue weighted by atomic mass is 19.4. The Morgan fingerprint density at radius 1 is 1.04 bits per heavy atom. The van der Waals surface area contributed by atoms with Gasteiger partial charge in [-0.2, -0.15) is 13.2 Å². The number of rotatable bonds is 2. The molecule has 2 aromatic rings. The second-order valence-corrected chi connectivity index (χ2v) is 7.03. The van der Waals surface area contributed by atoms with E-state index >= 15 is 0 Å². The fraction of sp³-hybridized carbons (Fsp3) is 0.333. The Kier molecular flexibility index (Phi) is 4.93. The number of nitrogens with one attached hydrogen (secondary N) is 1. The van der Waals surface area contributed by atoms with E-state index in [1.807, 2.05) is 12.1 Å². The molecule has 2 aliphatic rings. The number of fused-ring (bicyclic) bond motifs is 1. The van der Waals surface area contributed by atoms with Gasteiger partial charge < -0.3 is 10.2 Å². The van der Waals surface area contributed by atoms with Gasteiger partial charge in [-0.15, -0.1) is 0 Å². The monoisotopic (exact) mass is 387 g/mol. The summed E-state index contributed by atoms with van der Waals surface area (Å²) in [5, 5.41) is 3.32. The highest BCUT2D eigenvalue weighted by Gasteiger charge is 2.31. The number of carbonyl (C=O) groups excluding carboxylic acids is 1. The molecule has 1 fully saturated rings. The minimum Gasteiger partial charge on any atom is -0.369 e. The molecule has 0 spiro atoms. The van der Waals surface area contributed by atoms with Crippen molar-refractivity contribution in [2.24, 2.45) is 0 Å². The Labute approximate surface area is 161 Å². The Hall–Kier alpha value is -2.67. The van der Waals surface area contributed by atoms with Gasteiger partial charge in [0.05, 0.1) is 11.3 Å². The molecule has 4 nitrogen and oxygen atoms in total. The number of piperazine rings is 1. The third-order valence-corrected chi connectivity index (χ3v) is 5.19. The molecule has 28 heavy (non-hydrogen) atoms. The molecule has 0 atom stereocenters. The van der Waals surface area contributed by atoms with Crippen LogP contribution in [0.4, 0.5) is 18.9 Å². The highest BCUT2D eigenvalue weighted by Crippen LogP contribution is 2.33. The van der Waals surface area contributed by atoms with Crippen molar-refractivity contribution in [1.82, 2.24) is 10.3 Å². The standard InChI is InChI=1S/C21H20F3N3O/c22-21(23,24)16-5-6-26-19(13-16)18-12-15-1-3-17(27-9-7-25-8-10-27)11-14(15)2-4-20(18)28/h1,3,5-6,11-13,25H,2,4,7-10H2. The van der Waals surface area contributed by atoms with Gasteiger partial charge in [-0.25, -0.2) is 0 Å². The maximum Gasteiger partial charge on any atom is 0.416 e. The summed E-state index contributed by atoms with van der Waals surface area (Å²) in [5.74, 6) is -0.188. The molecule has 4 rings (SSSR count). The Balaban J connectivity index is 1.70. The van der Waals surface area contributed by atoms with Crippen molar-refractivity contribution < 1.29 is 18.0 Å². The maximum absolute atomic E-state index is 13.0. The summed E-state index contributed by atoms with van der Waals surface area (Å²) < 4.78 is 39.1. The Morgan fingerprint density at radius 2 is 1.82 bits per heavy atom. The van der Waals surface area contributed by atoms with Crippen LogP contribution < -0.4 is 10.2 Å². The molecule has 0 radical (unpaired) electrons. The van der Waals surface area contributed by atoms with Gasteiger partial charge in [-0.1, -0.05) is 6.07 Å². The molecule has 1 N–H and O–H groups in total. The van der Waals surface area contributed by atoms with Crippen LogP contribution in [-0.4, -0.2) is 36.9 Å². The van der Waals surface area contributed by atoms with Crippen molar-refractivity contribution >= 4 is 23.1 Å². The number of ketones is 1. The van der Waals surface area contributed by atoms with E-state index in [1.54, 1.807) is 6.08 Å². The van der Waals surface area contributed by atoms with Gasteiger partial charge in [0, 0.05) is 50.1 Å². The number of hydrogen-bond donors (Lipinski definition) is 1. The lowest BCUT2D eigenvalue weighted by atomic mass is 10.0. The van der Waals surface area contributed by atoms with Crippen molar-refractivity contribution in [2.45, 2.75) is 19.0 Å². The van der Waals surface area contributed by atoms with Crippen LogP contribution in [0.1, 0.15) is 28.8 Å². The zero-order valence-corrected chi connectivity index (χ0v) is 15.2. The van der Waals surface area contributed by atoms with Crippen LogP contribution in [-0.2, 0) is 17.4 Å². The summed E-state index contributed by atoms with van der Waals surface area (Å²) >= 11 is 0. The van der Waals surface area contributed by atoms with Gasteiger partial charge in [0.1, 0.15) is 0 Å². The third kappa shape index (κ3) is 3.80. The average molecular weight is 387 g/mol. The van der Waals surface area contributed by atoms with Crippen LogP contribution in [0, 0.1) is 0 Å². The van der Waals surface area contributed by atoms with Crippen molar-refractivity contribution in [2.75, 3.05) is 31.1 Å². The van der Waals surface area contributed by atoms with Crippen molar-refractivity contribution in [3.05, 3.63) is 58.9 Å². The molecule has 7 heteroatoms. The first-order chi connectivity index (χ1) is 13.4. The summed E-state index contributed by atoms with van der Waals surface area (Å²) in [6.07, 6.45) is -0.878. The van der Waals surface area contributed by atoms with E-state index in [9.17, 15) is 18.0 Å². The number of benzene rings is 1. The van der Waals surface area contributed by atoms with Gasteiger partial charge in [-0.3, -0.25) is 9.78 Å². The maximum atomic E-state index is 13.0. The normalized spacial score (nSPS) is 17.8. The van der Waals surface area contributed by atoms with Crippen LogP contribution in [0.2, 0.25) is 0 Å². The number of hydrogen-bond acceptors (Lipinski definition) is 4. The Morgan fingerprint density at radius 3 is 2.57 bits per heavy atom. The molecule has 1 aromatic heterocycles. The summed E-state index contributed by atoms with van der Waals surface area (Å²) in [7, 11) is 0. The SMILES string of the molecule is O=C1CCc2cc(N3CCNCC3)ccc2C=C1c1cc(C(F)(F)F)ccn1. The zero-order valence-electron chi connectivity index (χ0n) is 15.2. The van der Waals surface area contributed by atoms with Gasteiger partial charge in [0.25, 0.3) is 0 Å². The van der Waals surface area contributed by atoms with E-state index in [0.717, 1.165) is 61.3 Å². The lowest BCUT2D eigenvalue weighted by Gasteiger charge is -2.30. The number of nitrogens with zero attached hydrogens (tertiary/aromatic N) is 2. The molecule has 0 bridgehead atoms. The van der Waals surface area contributed by atoms with E-state index in [0.29, 0.717) is 6.42 Å². The zero-order chi connectivity index (χ0) is 19.7. The molecule has 1 aliphatic carbocycles. The first-order valence-corrected chi connectivity index (χ1v) is 9.29. The second kappa shape index (κ2) is 7.39. The molecule has 2 heterocycles. The van der Waals surface area contributed by atoms with Crippen molar-refractivity contribution in [3.8, 4) is 0 Å². The van der Waals surface area contributed by atoms with E-state index in [-0.39, 0.29) is 23.5 Å². The summed E-state index contributed by atoms with van der Waals surface area (Å²) in [6.45, 7) is 3.71. The molecular formula is C21H20F3N3O. The fourth-order valence-corrected chi connectivity index (χ4v) is 3.66. The van der Waals surface area contributed by atoms with Gasteiger partial charge in [-0.05, 0) is 47.9 Å². The number of halogens is 3. The van der Waals surface area contributed by atoms with Gasteiger partial charge in [0.15, 0.2) is 5.78 Å². The number of alkyl halides is 3. The van der Waals surface area contributed by atoms with E-state index in [1.165, 1.54) is 0 Å². The number of anilines is 1. The minimum atomic E-state index is -4.47. The minimum absolute atomic E-state index is 0.0684. The first kappa shape index (κ1) is 18.7. The first-order valence-electron chi connectivity index (χ1n) is 9.29. The second-order valence-electron chi connectivity index (χ2n) is 7.03. The number of Topliss-reactive ketones (excluding diaryl/α,β-unsaturated/α-hetero) is 1. The Bertz CT molecular complexity index is 931. The third-order valence-electron chi connectivity index (χ3n) is 5.19. The molecule has 0 amide bonds.